The molecule has 0 bridgehead atoms. The molecule has 2 unspecified atom stereocenters. The van der Waals surface area contributed by atoms with Crippen LogP contribution in [0.2, 0.25) is 0 Å². The van der Waals surface area contributed by atoms with E-state index in [0.29, 0.717) is 42.4 Å². The van der Waals surface area contributed by atoms with Crippen LogP contribution in [0.1, 0.15) is 29.2 Å². The largest absolute Gasteiger partial charge is 0.391 e. The maximum absolute atomic E-state index is 13.0. The predicted molar refractivity (Wildman–Crippen MR) is 128 cm³/mol. The Morgan fingerprint density at radius 3 is 2.91 bits per heavy atom. The van der Waals surface area contributed by atoms with Crippen LogP contribution in [-0.4, -0.2) is 80.8 Å². The van der Waals surface area contributed by atoms with E-state index in [1.165, 1.54) is 6.20 Å². The number of rotatable bonds is 6. The van der Waals surface area contributed by atoms with Crippen LogP contribution in [0.4, 0.5) is 5.82 Å². The highest BCUT2D eigenvalue weighted by Gasteiger charge is 2.33. The van der Waals surface area contributed by atoms with Gasteiger partial charge in [-0.25, -0.2) is 9.97 Å². The summed E-state index contributed by atoms with van der Waals surface area (Å²) in [5, 5.41) is 21.3. The molecule has 2 fully saturated rings. The molecular weight excluding hydrogens is 450 g/mol. The lowest BCUT2D eigenvalue weighted by molar-refractivity contribution is 0.0448. The number of aliphatic hydroxyl groups is 1. The van der Waals surface area contributed by atoms with Gasteiger partial charge in [-0.2, -0.15) is 9.61 Å². The number of anilines is 1. The summed E-state index contributed by atoms with van der Waals surface area (Å²) in [4.78, 5) is 22.5. The van der Waals surface area contributed by atoms with E-state index >= 15 is 0 Å². The Bertz CT molecular complexity index is 1410. The van der Waals surface area contributed by atoms with Gasteiger partial charge in [-0.15, -0.1) is 0 Å². The van der Waals surface area contributed by atoms with Crippen LogP contribution in [-0.2, 0) is 9.47 Å². The van der Waals surface area contributed by atoms with Crippen molar-refractivity contribution in [3.8, 4) is 11.3 Å². The Morgan fingerprint density at radius 1 is 1.29 bits per heavy atom. The van der Waals surface area contributed by atoms with Crippen molar-refractivity contribution in [2.75, 3.05) is 32.7 Å². The number of nitrogens with zero attached hydrogens (tertiary/aromatic N) is 5. The fourth-order valence-corrected chi connectivity index (χ4v) is 4.88. The van der Waals surface area contributed by atoms with Crippen LogP contribution in [0, 0.1) is 0 Å². The first-order chi connectivity index (χ1) is 17.1. The Labute approximate surface area is 201 Å². The number of carbonyl (C=O) groups excluding carboxylic acids is 1. The van der Waals surface area contributed by atoms with Crippen LogP contribution in [0.5, 0.6) is 0 Å². The summed E-state index contributed by atoms with van der Waals surface area (Å²) in [6.07, 6.45) is 6.18. The molecule has 0 radical (unpaired) electrons. The highest BCUT2D eigenvalue weighted by atomic mass is 16.5. The molecule has 1 aliphatic heterocycles. The van der Waals surface area contributed by atoms with E-state index in [4.69, 9.17) is 14.5 Å². The number of hydrogen-bond acceptors (Lipinski definition) is 8. The summed E-state index contributed by atoms with van der Waals surface area (Å²) in [7, 11) is 3.49. The molecule has 2 aliphatic rings. The van der Waals surface area contributed by atoms with Crippen molar-refractivity contribution < 1.29 is 19.4 Å². The van der Waals surface area contributed by atoms with E-state index in [1.807, 2.05) is 24.4 Å². The third-order valence-electron chi connectivity index (χ3n) is 7.05. The average Bonchev–Trinajstić information content (AvgIpc) is 3.61. The lowest BCUT2D eigenvalue weighted by Crippen LogP contribution is -2.50. The van der Waals surface area contributed by atoms with E-state index in [-0.39, 0.29) is 24.1 Å². The smallest absolute Gasteiger partial charge is 0.257 e. The second-order valence-electron chi connectivity index (χ2n) is 9.00. The summed E-state index contributed by atoms with van der Waals surface area (Å²) in [5.41, 5.74) is 3.17. The highest BCUT2D eigenvalue weighted by molar-refractivity contribution is 6.01. The van der Waals surface area contributed by atoms with Gasteiger partial charge in [0.1, 0.15) is 23.1 Å². The summed E-state index contributed by atoms with van der Waals surface area (Å²) < 4.78 is 15.0. The van der Waals surface area contributed by atoms with Crippen LogP contribution < -0.4 is 10.6 Å². The van der Waals surface area contributed by atoms with Gasteiger partial charge in [0, 0.05) is 43.6 Å². The van der Waals surface area contributed by atoms with Crippen LogP contribution >= 0.6 is 0 Å². The minimum Gasteiger partial charge on any atom is -0.391 e. The Kier molecular flexibility index (Phi) is 5.39. The zero-order chi connectivity index (χ0) is 24.1. The lowest BCUT2D eigenvalue weighted by atomic mass is 9.89. The minimum absolute atomic E-state index is 0.0103. The number of carbonyl (C=O) groups is 1. The Hall–Kier alpha value is -3.54. The molecule has 1 saturated carbocycles. The molecule has 11 nitrogen and oxygen atoms in total. The maximum atomic E-state index is 13.0. The van der Waals surface area contributed by atoms with Crippen molar-refractivity contribution in [1.82, 2.24) is 29.5 Å². The number of pyridine rings is 1. The van der Waals surface area contributed by atoms with E-state index in [9.17, 15) is 9.90 Å². The van der Waals surface area contributed by atoms with Crippen LogP contribution in [0.25, 0.3) is 27.9 Å². The molecule has 11 heteroatoms. The average molecular weight is 478 g/mol. The SMILES string of the molecule is CNc1cc(-c2cn([C@@H]3COC[C@H]3OC)c3ncccc23)nc2c(C(=O)NC3CCC3O)cnn12. The molecule has 1 saturated heterocycles. The zero-order valence-electron chi connectivity index (χ0n) is 19.5. The van der Waals surface area contributed by atoms with E-state index in [2.05, 4.69) is 25.3 Å². The fraction of sp³-hybridized carbons (Fsp3) is 0.417. The molecule has 0 spiro atoms. The number of hydrogen-bond donors (Lipinski definition) is 3. The predicted octanol–water partition coefficient (Wildman–Crippen LogP) is 1.63. The summed E-state index contributed by atoms with van der Waals surface area (Å²) >= 11 is 0. The van der Waals surface area contributed by atoms with Crippen molar-refractivity contribution in [3.05, 3.63) is 42.4 Å². The first kappa shape index (κ1) is 22.0. The number of aromatic nitrogens is 5. The number of methoxy groups -OCH3 is 1. The minimum atomic E-state index is -0.508. The molecule has 3 N–H and O–H groups in total. The van der Waals surface area contributed by atoms with Crippen LogP contribution in [0.3, 0.4) is 0 Å². The summed E-state index contributed by atoms with van der Waals surface area (Å²) in [6, 6.07) is 5.56. The van der Waals surface area contributed by atoms with E-state index < -0.39 is 6.10 Å². The van der Waals surface area contributed by atoms with Crippen molar-refractivity contribution in [2.24, 2.45) is 0 Å². The highest BCUT2D eigenvalue weighted by Crippen LogP contribution is 2.35. The molecule has 182 valence electrons. The quantitative estimate of drug-likeness (QED) is 0.382. The molecule has 5 heterocycles. The van der Waals surface area contributed by atoms with E-state index in [0.717, 1.165) is 23.0 Å². The molecular formula is C24H27N7O4. The zero-order valence-corrected chi connectivity index (χ0v) is 19.5. The second-order valence-corrected chi connectivity index (χ2v) is 9.00. The third-order valence-corrected chi connectivity index (χ3v) is 7.05. The Morgan fingerprint density at radius 2 is 2.17 bits per heavy atom. The molecule has 0 aromatic carbocycles. The van der Waals surface area contributed by atoms with Crippen molar-refractivity contribution in [3.63, 3.8) is 0 Å². The maximum Gasteiger partial charge on any atom is 0.257 e. The van der Waals surface area contributed by atoms with Gasteiger partial charge in [-0.3, -0.25) is 4.79 Å². The fourth-order valence-electron chi connectivity index (χ4n) is 4.88. The molecule has 1 aliphatic carbocycles. The van der Waals surface area contributed by atoms with Crippen molar-refractivity contribution in [1.29, 1.82) is 0 Å². The van der Waals surface area contributed by atoms with Gasteiger partial charge in [-0.1, -0.05) is 0 Å². The monoisotopic (exact) mass is 477 g/mol. The number of ether oxygens (including phenoxy) is 2. The second kappa shape index (κ2) is 8.59. The molecule has 4 atom stereocenters. The number of nitrogens with one attached hydrogen (secondary N) is 2. The normalized spacial score (nSPS) is 24.1. The van der Waals surface area contributed by atoms with Crippen molar-refractivity contribution >= 4 is 28.4 Å². The topological polar surface area (TPSA) is 128 Å². The third kappa shape index (κ3) is 3.54. The molecule has 35 heavy (non-hydrogen) atoms. The van der Waals surface area contributed by atoms with Gasteiger partial charge in [0.2, 0.25) is 0 Å². The number of aliphatic hydroxyl groups excluding tert-OH is 1. The summed E-state index contributed by atoms with van der Waals surface area (Å²) in [5.74, 6) is 0.391. The first-order valence-electron chi connectivity index (χ1n) is 11.7. The molecule has 4 aromatic heterocycles. The molecule has 6 rings (SSSR count). The summed E-state index contributed by atoms with van der Waals surface area (Å²) in [6.45, 7) is 1.06. The van der Waals surface area contributed by atoms with Crippen LogP contribution in [0.15, 0.2) is 36.8 Å². The molecule has 4 aromatic rings. The van der Waals surface area contributed by atoms with Gasteiger partial charge < -0.3 is 29.8 Å². The lowest BCUT2D eigenvalue weighted by Gasteiger charge is -2.32. The van der Waals surface area contributed by atoms with Crippen molar-refractivity contribution in [2.45, 2.75) is 37.1 Å². The number of amides is 1. The Balaban J connectivity index is 1.47. The van der Waals surface area contributed by atoms with Gasteiger partial charge in [0.05, 0.1) is 43.3 Å². The van der Waals surface area contributed by atoms with E-state index in [1.54, 1.807) is 24.9 Å². The van der Waals surface area contributed by atoms with Gasteiger partial charge >= 0.3 is 0 Å². The first-order valence-corrected chi connectivity index (χ1v) is 11.7. The van der Waals surface area contributed by atoms with Gasteiger partial charge in [-0.05, 0) is 25.0 Å². The van der Waals surface area contributed by atoms with Gasteiger partial charge in [0.25, 0.3) is 5.91 Å². The standard InChI is InChI=1S/C24H27N7O4/c1-25-21-8-17(28-23-14(9-27-31(21)23)24(33)29-16-5-6-19(16)32)15-10-30(18-11-35-12-20(18)34-2)22-13(15)4-3-7-26-22/h3-4,7-10,16,18-20,25,32H,5-6,11-12H2,1-2H3,(H,29,33)/t16?,18-,19?,20-/m1/s1. The number of fused-ring (bicyclic) bond motifs is 2. The van der Waals surface area contributed by atoms with Gasteiger partial charge in [0.15, 0.2) is 5.65 Å². The molecule has 1 amide bonds.